The first kappa shape index (κ1) is 35.1. The first-order chi connectivity index (χ1) is 20.4. The zero-order chi connectivity index (χ0) is 32.6. The first-order valence-corrected chi connectivity index (χ1v) is 17.2. The van der Waals surface area contributed by atoms with Crippen LogP contribution in [-0.4, -0.2) is 44.8 Å². The molecule has 0 spiro atoms. The van der Waals surface area contributed by atoms with E-state index in [2.05, 4.69) is 142 Å². The van der Waals surface area contributed by atoms with Crippen LogP contribution < -0.4 is 0 Å². The van der Waals surface area contributed by atoms with Gasteiger partial charge in [0.1, 0.15) is 22.4 Å². The van der Waals surface area contributed by atoms with Crippen molar-refractivity contribution < 1.29 is 19.7 Å². The molecule has 246 valence electrons. The van der Waals surface area contributed by atoms with Crippen molar-refractivity contribution in [2.75, 3.05) is 0 Å². The fraction of sp³-hybridized carbons (Fsp3) is 0.700. The van der Waals surface area contributed by atoms with Crippen LogP contribution >= 0.6 is 0 Å². The quantitative estimate of drug-likeness (QED) is 0.125. The highest BCUT2D eigenvalue weighted by molar-refractivity contribution is 5.33. The number of hydrogen-bond acceptors (Lipinski definition) is 4. The second-order valence-corrected chi connectivity index (χ2v) is 16.5. The predicted molar refractivity (Wildman–Crippen MR) is 183 cm³/mol. The molecule has 2 saturated heterocycles. The Kier molecular flexibility index (Phi) is 10.2. The van der Waals surface area contributed by atoms with Crippen LogP contribution in [0.25, 0.3) is 0 Å². The molecule has 0 bridgehead atoms. The fourth-order valence-electron chi connectivity index (χ4n) is 8.53. The second-order valence-electron chi connectivity index (χ2n) is 16.5. The van der Waals surface area contributed by atoms with Gasteiger partial charge in [0.15, 0.2) is 0 Å². The topological polar surface area (TPSA) is 65.5 Å². The van der Waals surface area contributed by atoms with Crippen molar-refractivity contribution in [2.24, 2.45) is 34.5 Å². The van der Waals surface area contributed by atoms with Crippen molar-refractivity contribution in [3.63, 3.8) is 0 Å². The fourth-order valence-corrected chi connectivity index (χ4v) is 8.53. The van der Waals surface area contributed by atoms with Crippen LogP contribution in [0.3, 0.4) is 0 Å². The molecule has 2 aliphatic heterocycles. The minimum absolute atomic E-state index is 0.0667. The molecule has 2 aliphatic carbocycles. The predicted octanol–water partition coefficient (Wildman–Crippen LogP) is 9.07. The molecule has 2 saturated carbocycles. The van der Waals surface area contributed by atoms with Crippen molar-refractivity contribution in [3.8, 4) is 0 Å². The summed E-state index contributed by atoms with van der Waals surface area (Å²) < 4.78 is 12.6. The van der Waals surface area contributed by atoms with Gasteiger partial charge in [0, 0.05) is 23.7 Å². The van der Waals surface area contributed by atoms with E-state index in [0.29, 0.717) is 23.7 Å². The van der Waals surface area contributed by atoms with Gasteiger partial charge in [0.05, 0.1) is 12.2 Å². The van der Waals surface area contributed by atoms with Crippen LogP contribution in [0, 0.1) is 34.5 Å². The van der Waals surface area contributed by atoms with Crippen molar-refractivity contribution in [1.82, 2.24) is 0 Å². The van der Waals surface area contributed by atoms with Gasteiger partial charge in [-0.05, 0) is 63.2 Å². The van der Waals surface area contributed by atoms with E-state index in [9.17, 15) is 10.2 Å². The molecule has 4 unspecified atom stereocenters. The molecule has 4 heteroatoms. The molecule has 4 fully saturated rings. The van der Waals surface area contributed by atoms with Crippen LogP contribution in [0.2, 0.25) is 0 Å². The van der Waals surface area contributed by atoms with Gasteiger partial charge >= 0.3 is 0 Å². The highest BCUT2D eigenvalue weighted by atomic mass is 16.6. The smallest absolute Gasteiger partial charge is 0.121 e. The molecule has 0 aromatic rings. The third kappa shape index (κ3) is 7.14. The highest BCUT2D eigenvalue weighted by Crippen LogP contribution is 2.67. The van der Waals surface area contributed by atoms with Gasteiger partial charge in [-0.3, -0.25) is 0 Å². The summed E-state index contributed by atoms with van der Waals surface area (Å²) in [7, 11) is 0. The molecule has 0 aromatic carbocycles. The number of allylic oxidation sites excluding steroid dienone is 10. The van der Waals surface area contributed by atoms with Gasteiger partial charge in [-0.2, -0.15) is 0 Å². The van der Waals surface area contributed by atoms with Gasteiger partial charge in [0.2, 0.25) is 0 Å². The molecule has 0 aromatic heterocycles. The Bertz CT molecular complexity index is 1100. The van der Waals surface area contributed by atoms with E-state index in [4.69, 9.17) is 9.47 Å². The average molecular weight is 607 g/mol. The largest absolute Gasteiger partial charge is 0.393 e. The highest BCUT2D eigenvalue weighted by Gasteiger charge is 2.75. The van der Waals surface area contributed by atoms with E-state index >= 15 is 0 Å². The molecule has 44 heavy (non-hydrogen) atoms. The molecule has 2 N–H and O–H groups in total. The Morgan fingerprint density at radius 1 is 0.568 bits per heavy atom. The lowest BCUT2D eigenvalue weighted by molar-refractivity contribution is 0.0509. The molecule has 2 heterocycles. The monoisotopic (exact) mass is 606 g/mol. The Morgan fingerprint density at radius 2 is 0.932 bits per heavy atom. The number of hydrogen-bond donors (Lipinski definition) is 2. The molecular formula is C40H62O4. The van der Waals surface area contributed by atoms with Gasteiger partial charge < -0.3 is 19.7 Å². The summed E-state index contributed by atoms with van der Waals surface area (Å²) in [5.74, 6) is 1.66. The maximum atomic E-state index is 10.3. The van der Waals surface area contributed by atoms with Gasteiger partial charge in [-0.25, -0.2) is 0 Å². The summed E-state index contributed by atoms with van der Waals surface area (Å²) >= 11 is 0. The van der Waals surface area contributed by atoms with E-state index in [1.807, 2.05) is 0 Å². The van der Waals surface area contributed by atoms with E-state index in [1.54, 1.807) is 0 Å². The Morgan fingerprint density at radius 3 is 1.27 bits per heavy atom. The average Bonchev–Trinajstić information content (AvgIpc) is 3.73. The molecule has 4 rings (SSSR count). The normalized spacial score (nSPS) is 40.6. The lowest BCUT2D eigenvalue weighted by atomic mass is 9.63. The van der Waals surface area contributed by atoms with Crippen LogP contribution in [0.1, 0.15) is 108 Å². The van der Waals surface area contributed by atoms with Gasteiger partial charge in [0.25, 0.3) is 0 Å². The first-order valence-electron chi connectivity index (χ1n) is 17.2. The van der Waals surface area contributed by atoms with E-state index < -0.39 is 0 Å². The summed E-state index contributed by atoms with van der Waals surface area (Å²) in [6.07, 6.45) is 31.7. The molecule has 10 atom stereocenters. The number of epoxide rings is 2. The number of fused-ring (bicyclic) bond motifs is 2. The zero-order valence-electron chi connectivity index (χ0n) is 29.3. The van der Waals surface area contributed by atoms with Crippen LogP contribution in [0.4, 0.5) is 0 Å². The summed E-state index contributed by atoms with van der Waals surface area (Å²) in [6, 6.07) is 0. The van der Waals surface area contributed by atoms with Gasteiger partial charge in [-0.1, -0.05) is 128 Å². The molecule has 0 radical (unpaired) electrons. The van der Waals surface area contributed by atoms with Crippen LogP contribution in [0.5, 0.6) is 0 Å². The molecular weight excluding hydrogens is 544 g/mol. The molecule has 4 nitrogen and oxygen atoms in total. The van der Waals surface area contributed by atoms with Crippen molar-refractivity contribution in [2.45, 2.75) is 142 Å². The third-order valence-corrected chi connectivity index (χ3v) is 11.2. The van der Waals surface area contributed by atoms with E-state index in [0.717, 1.165) is 38.5 Å². The minimum Gasteiger partial charge on any atom is -0.393 e. The molecule has 4 aliphatic rings. The van der Waals surface area contributed by atoms with E-state index in [1.165, 1.54) is 0 Å². The van der Waals surface area contributed by atoms with E-state index in [-0.39, 0.29) is 45.4 Å². The standard InChI is InChI=1S/C40H62O4/c1-29(17-13-19-31(3)21-23-39-35(5,6)25-33(41)27-37(39,9)43-39)15-11-12-16-30(2)18-14-20-32(4)22-24-40-36(7,8)26-34(42)28-38(40,10)44-40/h11-16,19-24,29-34,41-42H,17-18,25-28H2,1-10H3/b15-11+,16-12+,19-13+,20-14+,23-21+,24-22+/t29?,30?,31?,32?,33-,34-,37+,38+,39-,40-/m0/s1. The molecule has 0 amide bonds. The Hall–Kier alpha value is -1.72. The summed E-state index contributed by atoms with van der Waals surface area (Å²) in [5, 5.41) is 20.5. The minimum atomic E-state index is -0.273. The van der Waals surface area contributed by atoms with Crippen LogP contribution in [0.15, 0.2) is 72.9 Å². The number of aliphatic hydroxyl groups is 2. The summed E-state index contributed by atoms with van der Waals surface area (Å²) in [5.41, 5.74) is -1.11. The summed E-state index contributed by atoms with van der Waals surface area (Å²) in [6.45, 7) is 22.1. The van der Waals surface area contributed by atoms with Gasteiger partial charge in [-0.15, -0.1) is 0 Å². The SMILES string of the molecule is CC(/C=C/CC(C)/C=C/C=C/C(C)C/C=C/C(C)/C=C/[C@@]12O[C@]1(C)C[C@@H](O)CC2(C)C)/C=C/[C@@]12O[C@]1(C)C[C@@H](O)CC2(C)C. The van der Waals surface area contributed by atoms with Crippen molar-refractivity contribution in [1.29, 1.82) is 0 Å². The zero-order valence-corrected chi connectivity index (χ0v) is 29.3. The van der Waals surface area contributed by atoms with Crippen molar-refractivity contribution >= 4 is 0 Å². The summed E-state index contributed by atoms with van der Waals surface area (Å²) in [4.78, 5) is 0. The maximum absolute atomic E-state index is 10.3. The maximum Gasteiger partial charge on any atom is 0.121 e. The Balaban J connectivity index is 1.15. The lowest BCUT2D eigenvalue weighted by Gasteiger charge is -2.39. The lowest BCUT2D eigenvalue weighted by Crippen LogP contribution is -2.46. The van der Waals surface area contributed by atoms with Crippen LogP contribution in [-0.2, 0) is 9.47 Å². The number of aliphatic hydroxyl groups excluding tert-OH is 2. The van der Waals surface area contributed by atoms with Crippen molar-refractivity contribution in [3.05, 3.63) is 72.9 Å². The number of rotatable bonds is 13. The second kappa shape index (κ2) is 12.8. The Labute approximate surface area is 269 Å². The third-order valence-electron chi connectivity index (χ3n) is 11.2. The number of ether oxygens (including phenoxy) is 2.